The summed E-state index contributed by atoms with van der Waals surface area (Å²) in [6, 6.07) is 13.7. The van der Waals surface area contributed by atoms with Crippen molar-refractivity contribution in [3.05, 3.63) is 71.1 Å². The predicted octanol–water partition coefficient (Wildman–Crippen LogP) is 3.71. The van der Waals surface area contributed by atoms with E-state index in [1.165, 1.54) is 7.11 Å². The Labute approximate surface area is 174 Å². The minimum absolute atomic E-state index is 0.0404. The Kier molecular flexibility index (Phi) is 6.82. The molecular weight excluding hydrogens is 386 g/mol. The van der Waals surface area contributed by atoms with Gasteiger partial charge in [-0.3, -0.25) is 9.59 Å². The van der Waals surface area contributed by atoms with Crippen LogP contribution < -0.4 is 15.4 Å². The van der Waals surface area contributed by atoms with E-state index in [9.17, 15) is 9.59 Å². The van der Waals surface area contributed by atoms with Crippen molar-refractivity contribution >= 4 is 23.2 Å². The van der Waals surface area contributed by atoms with Gasteiger partial charge in [0, 0.05) is 24.0 Å². The Bertz CT molecular complexity index is 1010. The molecule has 0 saturated carbocycles. The van der Waals surface area contributed by atoms with Crippen molar-refractivity contribution in [2.45, 2.75) is 20.5 Å². The molecule has 0 unspecified atom stereocenters. The summed E-state index contributed by atoms with van der Waals surface area (Å²) >= 11 is 0. The lowest BCUT2D eigenvalue weighted by atomic mass is 10.2. The fraction of sp³-hybridized carbons (Fsp3) is 0.227. The third-order valence-corrected chi connectivity index (χ3v) is 4.36. The van der Waals surface area contributed by atoms with Gasteiger partial charge in [0.1, 0.15) is 24.7 Å². The normalized spacial score (nSPS) is 10.5. The van der Waals surface area contributed by atoms with Gasteiger partial charge < -0.3 is 24.6 Å². The molecule has 8 nitrogen and oxygen atoms in total. The van der Waals surface area contributed by atoms with Crippen LogP contribution in [0.4, 0.5) is 11.4 Å². The Morgan fingerprint density at radius 2 is 1.73 bits per heavy atom. The molecule has 1 aromatic heterocycles. The quantitative estimate of drug-likeness (QED) is 0.588. The summed E-state index contributed by atoms with van der Waals surface area (Å²) in [7, 11) is 1.45. The van der Waals surface area contributed by atoms with Gasteiger partial charge in [-0.25, -0.2) is 0 Å². The molecule has 0 aliphatic carbocycles. The van der Waals surface area contributed by atoms with Crippen molar-refractivity contribution < 1.29 is 23.6 Å². The molecule has 2 N–H and O–H groups in total. The summed E-state index contributed by atoms with van der Waals surface area (Å²) in [5.74, 6) is 0.819. The van der Waals surface area contributed by atoms with Crippen molar-refractivity contribution in [1.82, 2.24) is 5.16 Å². The monoisotopic (exact) mass is 409 g/mol. The average Bonchev–Trinajstić information content (AvgIpc) is 3.04. The molecule has 0 fully saturated rings. The maximum Gasteiger partial charge on any atom is 0.255 e. The lowest BCUT2D eigenvalue weighted by Gasteiger charge is -2.10. The molecule has 1 heterocycles. The second-order valence-electron chi connectivity index (χ2n) is 6.63. The van der Waals surface area contributed by atoms with Crippen LogP contribution in [0, 0.1) is 13.8 Å². The second-order valence-corrected chi connectivity index (χ2v) is 6.63. The van der Waals surface area contributed by atoms with Gasteiger partial charge in [0.05, 0.1) is 11.3 Å². The van der Waals surface area contributed by atoms with E-state index in [0.29, 0.717) is 29.3 Å². The van der Waals surface area contributed by atoms with Gasteiger partial charge in [0.25, 0.3) is 5.91 Å². The number of ether oxygens (including phenoxy) is 2. The maximum atomic E-state index is 12.5. The molecule has 0 aliphatic rings. The summed E-state index contributed by atoms with van der Waals surface area (Å²) < 4.78 is 15.7. The van der Waals surface area contributed by atoms with E-state index < -0.39 is 0 Å². The van der Waals surface area contributed by atoms with Gasteiger partial charge in [-0.05, 0) is 56.3 Å². The van der Waals surface area contributed by atoms with Crippen LogP contribution in [0.1, 0.15) is 27.4 Å². The molecule has 0 spiro atoms. The lowest BCUT2D eigenvalue weighted by molar-refractivity contribution is -0.119. The Balaban J connectivity index is 1.59. The van der Waals surface area contributed by atoms with Crippen LogP contribution in [0.5, 0.6) is 5.75 Å². The Hall–Kier alpha value is -3.65. The van der Waals surface area contributed by atoms with Crippen molar-refractivity contribution in [2.75, 3.05) is 24.4 Å². The minimum Gasteiger partial charge on any atom is -0.489 e. The number of amides is 2. The first kappa shape index (κ1) is 21.1. The number of benzene rings is 2. The van der Waals surface area contributed by atoms with Crippen LogP contribution in [0.2, 0.25) is 0 Å². The fourth-order valence-electron chi connectivity index (χ4n) is 2.77. The van der Waals surface area contributed by atoms with E-state index in [-0.39, 0.29) is 18.4 Å². The van der Waals surface area contributed by atoms with Crippen LogP contribution in [-0.4, -0.2) is 30.7 Å². The molecule has 8 heteroatoms. The summed E-state index contributed by atoms with van der Waals surface area (Å²) in [6.07, 6.45) is 0. The molecule has 0 radical (unpaired) electrons. The molecule has 0 saturated heterocycles. The van der Waals surface area contributed by atoms with Crippen molar-refractivity contribution in [1.29, 1.82) is 0 Å². The van der Waals surface area contributed by atoms with Crippen LogP contribution >= 0.6 is 0 Å². The molecule has 2 amide bonds. The van der Waals surface area contributed by atoms with Gasteiger partial charge in [0.15, 0.2) is 0 Å². The minimum atomic E-state index is -0.271. The number of nitrogens with zero attached hydrogens (tertiary/aromatic N) is 1. The zero-order valence-electron chi connectivity index (χ0n) is 17.0. The number of hydrogen-bond donors (Lipinski definition) is 2. The SMILES string of the molecule is COCC(=O)Nc1cccc(NC(=O)c2ccc(OCc3c(C)noc3C)cc2)c1. The molecular formula is C22H23N3O5. The highest BCUT2D eigenvalue weighted by molar-refractivity contribution is 6.04. The van der Waals surface area contributed by atoms with Gasteiger partial charge >= 0.3 is 0 Å². The zero-order chi connectivity index (χ0) is 21.5. The van der Waals surface area contributed by atoms with Crippen LogP contribution in [0.15, 0.2) is 53.1 Å². The van der Waals surface area contributed by atoms with E-state index in [2.05, 4.69) is 15.8 Å². The van der Waals surface area contributed by atoms with Crippen molar-refractivity contribution in [2.24, 2.45) is 0 Å². The summed E-state index contributed by atoms with van der Waals surface area (Å²) in [5.41, 5.74) is 3.32. The highest BCUT2D eigenvalue weighted by Crippen LogP contribution is 2.19. The standard InChI is InChI=1S/C22H23N3O5/c1-14-20(15(2)30-25-14)12-29-19-9-7-16(8-10-19)22(27)24-18-6-4-5-17(11-18)23-21(26)13-28-3/h4-11H,12-13H2,1-3H3,(H,23,26)(H,24,27). The van der Waals surface area contributed by atoms with E-state index >= 15 is 0 Å². The third kappa shape index (κ3) is 5.45. The maximum absolute atomic E-state index is 12.5. The molecule has 30 heavy (non-hydrogen) atoms. The molecule has 3 rings (SSSR count). The molecule has 0 bridgehead atoms. The second kappa shape index (κ2) is 9.71. The number of rotatable bonds is 8. The van der Waals surface area contributed by atoms with Gasteiger partial charge in [-0.2, -0.15) is 0 Å². The fourth-order valence-corrected chi connectivity index (χ4v) is 2.77. The summed E-state index contributed by atoms with van der Waals surface area (Å²) in [6.45, 7) is 4.00. The molecule has 156 valence electrons. The van der Waals surface area contributed by atoms with Crippen LogP contribution in [-0.2, 0) is 16.1 Å². The summed E-state index contributed by atoms with van der Waals surface area (Å²) in [4.78, 5) is 24.1. The first-order chi connectivity index (χ1) is 14.5. The van der Waals surface area contributed by atoms with Crippen LogP contribution in [0.3, 0.4) is 0 Å². The topological polar surface area (TPSA) is 103 Å². The Morgan fingerprint density at radius 3 is 2.37 bits per heavy atom. The van der Waals surface area contributed by atoms with E-state index in [1.807, 2.05) is 13.8 Å². The number of hydrogen-bond acceptors (Lipinski definition) is 6. The number of nitrogens with one attached hydrogen (secondary N) is 2. The lowest BCUT2D eigenvalue weighted by Crippen LogP contribution is -2.17. The Morgan fingerprint density at radius 1 is 1.03 bits per heavy atom. The number of methoxy groups -OCH3 is 1. The van der Waals surface area contributed by atoms with Crippen molar-refractivity contribution in [3.63, 3.8) is 0 Å². The molecule has 0 atom stereocenters. The highest BCUT2D eigenvalue weighted by atomic mass is 16.5. The molecule has 2 aromatic carbocycles. The highest BCUT2D eigenvalue weighted by Gasteiger charge is 2.11. The van der Waals surface area contributed by atoms with Gasteiger partial charge in [0.2, 0.25) is 5.91 Å². The summed E-state index contributed by atoms with van der Waals surface area (Å²) in [5, 5.41) is 9.40. The van der Waals surface area contributed by atoms with Gasteiger partial charge in [-0.1, -0.05) is 11.2 Å². The van der Waals surface area contributed by atoms with Crippen LogP contribution in [0.25, 0.3) is 0 Å². The number of anilines is 2. The number of carbonyl (C=O) groups is 2. The van der Waals surface area contributed by atoms with E-state index in [1.54, 1.807) is 48.5 Å². The predicted molar refractivity (Wildman–Crippen MR) is 112 cm³/mol. The third-order valence-electron chi connectivity index (χ3n) is 4.36. The number of aromatic nitrogens is 1. The number of aryl methyl sites for hydroxylation is 2. The first-order valence-corrected chi connectivity index (χ1v) is 9.31. The van der Waals surface area contributed by atoms with E-state index in [4.69, 9.17) is 14.0 Å². The molecule has 0 aliphatic heterocycles. The molecule has 3 aromatic rings. The smallest absolute Gasteiger partial charge is 0.255 e. The van der Waals surface area contributed by atoms with E-state index in [0.717, 1.165) is 17.0 Å². The number of carbonyl (C=O) groups excluding carboxylic acids is 2. The average molecular weight is 409 g/mol. The largest absolute Gasteiger partial charge is 0.489 e. The zero-order valence-corrected chi connectivity index (χ0v) is 17.0. The van der Waals surface area contributed by atoms with Crippen molar-refractivity contribution in [3.8, 4) is 5.75 Å². The van der Waals surface area contributed by atoms with Gasteiger partial charge in [-0.15, -0.1) is 0 Å². The first-order valence-electron chi connectivity index (χ1n) is 9.31.